The number of ether oxygens (including phenoxy) is 1. The lowest BCUT2D eigenvalue weighted by Gasteiger charge is -2.32. The Labute approximate surface area is 138 Å². The average Bonchev–Trinajstić information content (AvgIpc) is 2.42. The number of carbonyl (C=O) groups excluding carboxylic acids is 2. The molecule has 7 heteroatoms. The summed E-state index contributed by atoms with van der Waals surface area (Å²) in [6.07, 6.45) is 0.870. The molecule has 0 saturated carbocycles. The van der Waals surface area contributed by atoms with E-state index < -0.39 is 17.1 Å². The number of aliphatic carboxylic acids is 1. The van der Waals surface area contributed by atoms with Gasteiger partial charge in [0.2, 0.25) is 11.8 Å². The highest BCUT2D eigenvalue weighted by molar-refractivity contribution is 5.81. The Morgan fingerprint density at radius 1 is 1.04 bits per heavy atom. The van der Waals surface area contributed by atoms with Gasteiger partial charge in [-0.1, -0.05) is 6.92 Å². The topological polar surface area (TPSA) is 105 Å². The number of hydrogen-bond acceptors (Lipinski definition) is 4. The predicted molar refractivity (Wildman–Crippen MR) is 87.0 cm³/mol. The minimum Gasteiger partial charge on any atom is -0.481 e. The first-order valence-electron chi connectivity index (χ1n) is 7.91. The molecule has 0 aliphatic carbocycles. The molecule has 0 unspecified atom stereocenters. The summed E-state index contributed by atoms with van der Waals surface area (Å²) in [6.45, 7) is 10.1. The zero-order chi connectivity index (χ0) is 18.1. The highest BCUT2D eigenvalue weighted by Gasteiger charge is 2.26. The van der Waals surface area contributed by atoms with Crippen molar-refractivity contribution in [3.8, 4) is 0 Å². The van der Waals surface area contributed by atoms with Crippen molar-refractivity contribution in [1.29, 1.82) is 0 Å². The third kappa shape index (κ3) is 11.6. The van der Waals surface area contributed by atoms with Gasteiger partial charge in [0.15, 0.2) is 0 Å². The summed E-state index contributed by atoms with van der Waals surface area (Å²) in [5.41, 5.74) is -1.04. The zero-order valence-electron chi connectivity index (χ0n) is 14.8. The Bertz CT molecular complexity index is 419. The molecule has 23 heavy (non-hydrogen) atoms. The van der Waals surface area contributed by atoms with Gasteiger partial charge in [-0.05, 0) is 34.1 Å². The monoisotopic (exact) mass is 330 g/mol. The van der Waals surface area contributed by atoms with Crippen molar-refractivity contribution in [2.75, 3.05) is 13.2 Å². The van der Waals surface area contributed by atoms with Gasteiger partial charge in [-0.15, -0.1) is 0 Å². The van der Waals surface area contributed by atoms with E-state index in [0.29, 0.717) is 26.0 Å². The maximum absolute atomic E-state index is 11.7. The number of carboxylic acids is 1. The van der Waals surface area contributed by atoms with Crippen molar-refractivity contribution in [2.45, 2.75) is 71.4 Å². The first-order valence-corrected chi connectivity index (χ1v) is 7.91. The third-order valence-electron chi connectivity index (χ3n) is 3.24. The second-order valence-electron chi connectivity index (χ2n) is 6.83. The molecule has 0 rings (SSSR count). The number of nitrogens with one attached hydrogen (secondary N) is 2. The second kappa shape index (κ2) is 9.50. The van der Waals surface area contributed by atoms with Gasteiger partial charge in [0, 0.05) is 19.4 Å². The van der Waals surface area contributed by atoms with Crippen LogP contribution in [0.25, 0.3) is 0 Å². The van der Waals surface area contributed by atoms with E-state index in [1.54, 1.807) is 6.92 Å². The van der Waals surface area contributed by atoms with Crippen LogP contribution in [0.5, 0.6) is 0 Å². The molecular formula is C16H30N2O5. The fourth-order valence-corrected chi connectivity index (χ4v) is 1.77. The second-order valence-corrected chi connectivity index (χ2v) is 6.83. The highest BCUT2D eigenvalue weighted by atomic mass is 16.5. The molecule has 0 atom stereocenters. The number of rotatable bonds is 11. The molecule has 7 nitrogen and oxygen atoms in total. The molecule has 0 fully saturated rings. The van der Waals surface area contributed by atoms with Crippen molar-refractivity contribution in [3.63, 3.8) is 0 Å². The molecule has 3 N–H and O–H groups in total. The lowest BCUT2D eigenvalue weighted by molar-refractivity contribution is -0.139. The Morgan fingerprint density at radius 3 is 2.17 bits per heavy atom. The van der Waals surface area contributed by atoms with E-state index in [9.17, 15) is 14.4 Å². The third-order valence-corrected chi connectivity index (χ3v) is 3.24. The van der Waals surface area contributed by atoms with E-state index in [-0.39, 0.29) is 24.7 Å². The summed E-state index contributed by atoms with van der Waals surface area (Å²) in [4.78, 5) is 33.4. The Morgan fingerprint density at radius 2 is 1.65 bits per heavy atom. The van der Waals surface area contributed by atoms with Crippen LogP contribution in [0.15, 0.2) is 0 Å². The highest BCUT2D eigenvalue weighted by Crippen LogP contribution is 2.17. The number of carboxylic acid groups (broad SMARTS) is 1. The van der Waals surface area contributed by atoms with E-state index in [0.717, 1.165) is 0 Å². The minimum atomic E-state index is -0.996. The maximum Gasteiger partial charge on any atom is 0.303 e. The van der Waals surface area contributed by atoms with Gasteiger partial charge in [0.1, 0.15) is 0 Å². The Kier molecular flexibility index (Phi) is 8.82. The van der Waals surface area contributed by atoms with Crippen molar-refractivity contribution >= 4 is 17.8 Å². The molecule has 0 aliphatic heterocycles. The number of hydrogen-bond donors (Lipinski definition) is 3. The molecule has 0 saturated heterocycles. The molecule has 0 aromatic heterocycles. The van der Waals surface area contributed by atoms with Crippen LogP contribution in [0.4, 0.5) is 0 Å². The predicted octanol–water partition coefficient (Wildman–Crippen LogP) is 1.46. The molecule has 0 aromatic carbocycles. The molecule has 0 aromatic rings. The molecule has 0 heterocycles. The fraction of sp³-hybridized carbons (Fsp3) is 0.812. The lowest BCUT2D eigenvalue weighted by atomic mass is 10.0. The molecule has 0 aliphatic rings. The summed E-state index contributed by atoms with van der Waals surface area (Å²) in [7, 11) is 0. The van der Waals surface area contributed by atoms with Gasteiger partial charge in [-0.3, -0.25) is 14.4 Å². The van der Waals surface area contributed by atoms with Gasteiger partial charge < -0.3 is 20.5 Å². The van der Waals surface area contributed by atoms with Crippen LogP contribution in [0.1, 0.15) is 60.3 Å². The van der Waals surface area contributed by atoms with Crippen molar-refractivity contribution < 1.29 is 24.2 Å². The standard InChI is InChI=1S/C16H30N2O5/c1-6-12(19)17-10-9-16(4,5)23-11-15(2,3)18-13(20)7-8-14(21)22/h6-11H2,1-5H3,(H,17,19)(H,18,20)(H,21,22). The SMILES string of the molecule is CCC(=O)NCCC(C)(C)OCC(C)(C)NC(=O)CCC(=O)O. The molecular weight excluding hydrogens is 300 g/mol. The fourth-order valence-electron chi connectivity index (χ4n) is 1.77. The molecule has 0 radical (unpaired) electrons. The van der Waals surface area contributed by atoms with E-state index in [1.807, 2.05) is 27.7 Å². The zero-order valence-corrected chi connectivity index (χ0v) is 14.8. The quantitative estimate of drug-likeness (QED) is 0.532. The normalized spacial score (nSPS) is 11.9. The summed E-state index contributed by atoms with van der Waals surface area (Å²) >= 11 is 0. The van der Waals surface area contributed by atoms with Gasteiger partial charge in [0.05, 0.1) is 24.2 Å². The Hall–Kier alpha value is -1.63. The molecule has 0 spiro atoms. The summed E-state index contributed by atoms with van der Waals surface area (Å²) in [5.74, 6) is -1.30. The summed E-state index contributed by atoms with van der Waals surface area (Å²) in [6, 6.07) is 0. The van der Waals surface area contributed by atoms with Gasteiger partial charge in [-0.25, -0.2) is 0 Å². The Balaban J connectivity index is 4.20. The minimum absolute atomic E-state index is 0.00632. The maximum atomic E-state index is 11.7. The summed E-state index contributed by atoms with van der Waals surface area (Å²) in [5, 5.41) is 14.1. The van der Waals surface area contributed by atoms with Crippen LogP contribution >= 0.6 is 0 Å². The molecule has 134 valence electrons. The van der Waals surface area contributed by atoms with Crippen LogP contribution in [0, 0.1) is 0 Å². The van der Waals surface area contributed by atoms with Gasteiger partial charge in [-0.2, -0.15) is 0 Å². The van der Waals surface area contributed by atoms with E-state index in [4.69, 9.17) is 9.84 Å². The largest absolute Gasteiger partial charge is 0.481 e. The van der Waals surface area contributed by atoms with Crippen molar-refractivity contribution in [3.05, 3.63) is 0 Å². The molecule has 2 amide bonds. The number of amides is 2. The smallest absolute Gasteiger partial charge is 0.303 e. The van der Waals surface area contributed by atoms with Crippen LogP contribution in [-0.2, 0) is 19.1 Å². The van der Waals surface area contributed by atoms with Gasteiger partial charge >= 0.3 is 5.97 Å². The number of carbonyl (C=O) groups is 3. The van der Waals surface area contributed by atoms with Crippen LogP contribution in [-0.4, -0.2) is 47.2 Å². The van der Waals surface area contributed by atoms with Crippen molar-refractivity contribution in [2.24, 2.45) is 0 Å². The first kappa shape index (κ1) is 21.4. The van der Waals surface area contributed by atoms with Gasteiger partial charge in [0.25, 0.3) is 0 Å². The summed E-state index contributed by atoms with van der Waals surface area (Å²) < 4.78 is 5.85. The van der Waals surface area contributed by atoms with Crippen molar-refractivity contribution in [1.82, 2.24) is 10.6 Å². The van der Waals surface area contributed by atoms with E-state index in [1.165, 1.54) is 0 Å². The van der Waals surface area contributed by atoms with Crippen LogP contribution in [0.3, 0.4) is 0 Å². The van der Waals surface area contributed by atoms with E-state index in [2.05, 4.69) is 10.6 Å². The molecule has 0 bridgehead atoms. The van der Waals surface area contributed by atoms with Crippen LogP contribution in [0.2, 0.25) is 0 Å². The first-order chi connectivity index (χ1) is 10.5. The lowest BCUT2D eigenvalue weighted by Crippen LogP contribution is -2.49. The van der Waals surface area contributed by atoms with Crippen LogP contribution < -0.4 is 10.6 Å². The van der Waals surface area contributed by atoms with E-state index >= 15 is 0 Å². The average molecular weight is 330 g/mol.